The highest BCUT2D eigenvalue weighted by atomic mass is 16.2. The van der Waals surface area contributed by atoms with Crippen LogP contribution < -0.4 is 5.32 Å². The van der Waals surface area contributed by atoms with Crippen molar-refractivity contribution in [3.05, 3.63) is 53.1 Å². The zero-order chi connectivity index (χ0) is 16.0. The van der Waals surface area contributed by atoms with E-state index in [0.717, 1.165) is 48.4 Å². The SMILES string of the molecule is CCN1CCc2c(-c3ccccc3)cc3c(c2C1)NC(=O)C3=O. The summed E-state index contributed by atoms with van der Waals surface area (Å²) in [7, 11) is 0. The van der Waals surface area contributed by atoms with Gasteiger partial charge in [0, 0.05) is 13.1 Å². The Morgan fingerprint density at radius 1 is 1.09 bits per heavy atom. The average molecular weight is 306 g/mol. The minimum atomic E-state index is -0.513. The maximum absolute atomic E-state index is 12.2. The van der Waals surface area contributed by atoms with Gasteiger partial charge in [0.15, 0.2) is 0 Å². The third-order valence-electron chi connectivity index (χ3n) is 4.83. The van der Waals surface area contributed by atoms with Crippen molar-refractivity contribution in [1.29, 1.82) is 0 Å². The number of nitrogens with one attached hydrogen (secondary N) is 1. The minimum Gasteiger partial charge on any atom is -0.318 e. The molecule has 0 radical (unpaired) electrons. The third kappa shape index (κ3) is 2.18. The summed E-state index contributed by atoms with van der Waals surface area (Å²) in [5.41, 5.74) is 5.80. The van der Waals surface area contributed by atoms with Gasteiger partial charge in [-0.3, -0.25) is 14.5 Å². The highest BCUT2D eigenvalue weighted by molar-refractivity contribution is 6.52. The lowest BCUT2D eigenvalue weighted by Crippen LogP contribution is -2.31. The molecule has 0 atom stereocenters. The number of likely N-dealkylation sites (N-methyl/N-ethyl adjacent to an activating group) is 1. The number of hydrogen-bond acceptors (Lipinski definition) is 3. The highest BCUT2D eigenvalue weighted by Gasteiger charge is 2.34. The number of amides is 1. The number of carbonyl (C=O) groups is 2. The van der Waals surface area contributed by atoms with Crippen molar-refractivity contribution < 1.29 is 9.59 Å². The van der Waals surface area contributed by atoms with Gasteiger partial charge in [0.25, 0.3) is 11.7 Å². The summed E-state index contributed by atoms with van der Waals surface area (Å²) in [6.07, 6.45) is 0.935. The summed E-state index contributed by atoms with van der Waals surface area (Å²) in [4.78, 5) is 26.4. The fraction of sp³-hybridized carbons (Fsp3) is 0.263. The molecule has 0 fully saturated rings. The Morgan fingerprint density at radius 3 is 2.61 bits per heavy atom. The van der Waals surface area contributed by atoms with Crippen LogP contribution >= 0.6 is 0 Å². The molecule has 0 aromatic heterocycles. The van der Waals surface area contributed by atoms with Gasteiger partial charge in [-0.1, -0.05) is 37.3 Å². The lowest BCUT2D eigenvalue weighted by atomic mass is 9.87. The molecule has 1 amide bonds. The number of benzene rings is 2. The molecule has 2 aromatic rings. The van der Waals surface area contributed by atoms with Crippen LogP contribution in [0.1, 0.15) is 28.4 Å². The second kappa shape index (κ2) is 5.32. The van der Waals surface area contributed by atoms with Crippen LogP contribution in [-0.2, 0) is 17.8 Å². The van der Waals surface area contributed by atoms with Crippen molar-refractivity contribution in [2.24, 2.45) is 0 Å². The van der Waals surface area contributed by atoms with Crippen molar-refractivity contribution >= 4 is 17.4 Å². The minimum absolute atomic E-state index is 0.423. The summed E-state index contributed by atoms with van der Waals surface area (Å²) in [5, 5.41) is 2.78. The van der Waals surface area contributed by atoms with E-state index in [9.17, 15) is 9.59 Å². The maximum Gasteiger partial charge on any atom is 0.296 e. The normalized spacial score (nSPS) is 16.9. The smallest absolute Gasteiger partial charge is 0.296 e. The van der Waals surface area contributed by atoms with Crippen LogP contribution in [0.2, 0.25) is 0 Å². The Hall–Kier alpha value is -2.46. The molecule has 0 bridgehead atoms. The second-order valence-electron chi connectivity index (χ2n) is 6.07. The van der Waals surface area contributed by atoms with Gasteiger partial charge in [0.1, 0.15) is 0 Å². The summed E-state index contributed by atoms with van der Waals surface area (Å²) < 4.78 is 0. The van der Waals surface area contributed by atoms with Crippen LogP contribution in [-0.4, -0.2) is 29.7 Å². The molecule has 2 aliphatic heterocycles. The van der Waals surface area contributed by atoms with Crippen molar-refractivity contribution in [2.75, 3.05) is 18.4 Å². The van der Waals surface area contributed by atoms with Crippen LogP contribution in [0.15, 0.2) is 36.4 Å². The Labute approximate surface area is 135 Å². The van der Waals surface area contributed by atoms with Crippen LogP contribution in [0, 0.1) is 0 Å². The van der Waals surface area contributed by atoms with Gasteiger partial charge in [0.05, 0.1) is 11.3 Å². The molecule has 23 heavy (non-hydrogen) atoms. The van der Waals surface area contributed by atoms with E-state index < -0.39 is 11.7 Å². The lowest BCUT2D eigenvalue weighted by molar-refractivity contribution is -0.112. The topological polar surface area (TPSA) is 49.4 Å². The van der Waals surface area contributed by atoms with Crippen LogP contribution in [0.5, 0.6) is 0 Å². The van der Waals surface area contributed by atoms with Gasteiger partial charge in [-0.05, 0) is 41.3 Å². The second-order valence-corrected chi connectivity index (χ2v) is 6.07. The number of rotatable bonds is 2. The van der Waals surface area contributed by atoms with Crippen molar-refractivity contribution in [2.45, 2.75) is 19.9 Å². The van der Waals surface area contributed by atoms with E-state index in [-0.39, 0.29) is 0 Å². The molecule has 0 aliphatic carbocycles. The van der Waals surface area contributed by atoms with E-state index in [1.54, 1.807) is 0 Å². The number of anilines is 1. The molecule has 4 rings (SSSR count). The number of fused-ring (bicyclic) bond motifs is 3. The molecular weight excluding hydrogens is 288 g/mol. The molecule has 2 aromatic carbocycles. The molecule has 0 spiro atoms. The summed E-state index contributed by atoms with van der Waals surface area (Å²) in [5.74, 6) is -0.936. The van der Waals surface area contributed by atoms with E-state index in [1.165, 1.54) is 5.56 Å². The van der Waals surface area contributed by atoms with Crippen molar-refractivity contribution in [3.63, 3.8) is 0 Å². The number of carbonyl (C=O) groups excluding carboxylic acids is 2. The van der Waals surface area contributed by atoms with Gasteiger partial charge in [-0.2, -0.15) is 0 Å². The number of Topliss-reactive ketones (excluding diaryl/α,β-unsaturated/α-hetero) is 1. The van der Waals surface area contributed by atoms with Crippen LogP contribution in [0.25, 0.3) is 11.1 Å². The van der Waals surface area contributed by atoms with Gasteiger partial charge in [-0.25, -0.2) is 0 Å². The maximum atomic E-state index is 12.2. The fourth-order valence-corrected chi connectivity index (χ4v) is 3.57. The molecule has 4 heteroatoms. The fourth-order valence-electron chi connectivity index (χ4n) is 3.57. The molecule has 116 valence electrons. The number of nitrogens with zero attached hydrogens (tertiary/aromatic N) is 1. The summed E-state index contributed by atoms with van der Waals surface area (Å²) >= 11 is 0. The van der Waals surface area contributed by atoms with E-state index in [1.807, 2.05) is 24.3 Å². The monoisotopic (exact) mass is 306 g/mol. The highest BCUT2D eigenvalue weighted by Crippen LogP contribution is 2.39. The van der Waals surface area contributed by atoms with Crippen LogP contribution in [0.3, 0.4) is 0 Å². The standard InChI is InChI=1S/C19H18N2O2/c1-2-21-9-8-13-14(12-6-4-3-5-7-12)10-15-17(16(13)11-21)20-19(23)18(15)22/h3-7,10H,2,8-9,11H2,1H3,(H,20,22,23). The Bertz CT molecular complexity index is 812. The Kier molecular flexibility index (Phi) is 3.27. The number of ketones is 1. The third-order valence-corrected chi connectivity index (χ3v) is 4.83. The van der Waals surface area contributed by atoms with E-state index in [4.69, 9.17) is 0 Å². The molecular formula is C19H18N2O2. The molecule has 0 saturated heterocycles. The first-order chi connectivity index (χ1) is 11.2. The van der Waals surface area contributed by atoms with E-state index >= 15 is 0 Å². The Morgan fingerprint density at radius 2 is 1.87 bits per heavy atom. The molecule has 0 unspecified atom stereocenters. The molecule has 2 aliphatic rings. The molecule has 2 heterocycles. The first-order valence-electron chi connectivity index (χ1n) is 8.01. The zero-order valence-corrected chi connectivity index (χ0v) is 13.1. The van der Waals surface area contributed by atoms with E-state index in [0.29, 0.717) is 5.56 Å². The largest absolute Gasteiger partial charge is 0.318 e. The van der Waals surface area contributed by atoms with Gasteiger partial charge in [0.2, 0.25) is 0 Å². The number of hydrogen-bond donors (Lipinski definition) is 1. The molecule has 1 N–H and O–H groups in total. The summed E-state index contributed by atoms with van der Waals surface area (Å²) in [6, 6.07) is 12.0. The van der Waals surface area contributed by atoms with Gasteiger partial charge in [-0.15, -0.1) is 0 Å². The average Bonchev–Trinajstić information content (AvgIpc) is 2.89. The van der Waals surface area contributed by atoms with E-state index in [2.05, 4.69) is 29.3 Å². The quantitative estimate of drug-likeness (QED) is 0.868. The Balaban J connectivity index is 1.96. The predicted octanol–water partition coefficient (Wildman–Crippen LogP) is 2.87. The van der Waals surface area contributed by atoms with Gasteiger partial charge < -0.3 is 5.32 Å². The van der Waals surface area contributed by atoms with Crippen molar-refractivity contribution in [3.8, 4) is 11.1 Å². The van der Waals surface area contributed by atoms with Crippen LogP contribution in [0.4, 0.5) is 5.69 Å². The zero-order valence-electron chi connectivity index (χ0n) is 13.1. The van der Waals surface area contributed by atoms with Crippen molar-refractivity contribution in [1.82, 2.24) is 4.90 Å². The first-order valence-corrected chi connectivity index (χ1v) is 8.01. The summed E-state index contributed by atoms with van der Waals surface area (Å²) in [6.45, 7) is 4.88. The van der Waals surface area contributed by atoms with Gasteiger partial charge >= 0.3 is 0 Å². The predicted molar refractivity (Wildman–Crippen MR) is 89.5 cm³/mol. The first kappa shape index (κ1) is 14.2. The molecule has 0 saturated carbocycles. The lowest BCUT2D eigenvalue weighted by Gasteiger charge is -2.30. The molecule has 4 nitrogen and oxygen atoms in total.